The number of hydrogen-bond donors (Lipinski definition) is 1. The Hall–Kier alpha value is -0.0400. The monoisotopic (exact) mass is 211 g/mol. The molecule has 1 fully saturated rings. The Morgan fingerprint density at radius 1 is 1.20 bits per heavy atom. The Balaban J connectivity index is 2.49. The van der Waals surface area contributed by atoms with Gasteiger partial charge in [0.25, 0.3) is 0 Å². The molecule has 0 heterocycles. The van der Waals surface area contributed by atoms with E-state index in [4.69, 9.17) is 0 Å². The molecule has 1 heteroatoms. The molecular formula is C14H29N. The first kappa shape index (κ1) is 13.0. The van der Waals surface area contributed by atoms with Crippen molar-refractivity contribution in [3.63, 3.8) is 0 Å². The summed E-state index contributed by atoms with van der Waals surface area (Å²) in [6.07, 6.45) is 8.63. The van der Waals surface area contributed by atoms with Gasteiger partial charge in [0.15, 0.2) is 0 Å². The molecule has 15 heavy (non-hydrogen) atoms. The van der Waals surface area contributed by atoms with Crippen molar-refractivity contribution < 1.29 is 0 Å². The van der Waals surface area contributed by atoms with Gasteiger partial charge in [0, 0.05) is 12.6 Å². The molecule has 1 saturated carbocycles. The van der Waals surface area contributed by atoms with Crippen molar-refractivity contribution in [3.8, 4) is 0 Å². The molecule has 1 nitrogen and oxygen atoms in total. The van der Waals surface area contributed by atoms with Crippen LogP contribution >= 0.6 is 0 Å². The zero-order valence-electron chi connectivity index (χ0n) is 11.1. The van der Waals surface area contributed by atoms with Gasteiger partial charge in [-0.3, -0.25) is 0 Å². The molecule has 0 aliphatic heterocycles. The fourth-order valence-corrected chi connectivity index (χ4v) is 2.79. The predicted octanol–water partition coefficient (Wildman–Crippen LogP) is 3.98. The van der Waals surface area contributed by atoms with Crippen LogP contribution in [0, 0.1) is 11.3 Å². The van der Waals surface area contributed by atoms with Crippen LogP contribution in [0.5, 0.6) is 0 Å². The second-order valence-electron chi connectivity index (χ2n) is 5.88. The van der Waals surface area contributed by atoms with Crippen molar-refractivity contribution in [1.29, 1.82) is 0 Å². The summed E-state index contributed by atoms with van der Waals surface area (Å²) in [6, 6.07) is 0.625. The molecule has 0 spiro atoms. The second kappa shape index (κ2) is 5.89. The molecule has 0 amide bonds. The van der Waals surface area contributed by atoms with Crippen LogP contribution in [0.4, 0.5) is 0 Å². The average molecular weight is 211 g/mol. The van der Waals surface area contributed by atoms with E-state index in [0.717, 1.165) is 5.92 Å². The van der Waals surface area contributed by atoms with Gasteiger partial charge in [0.2, 0.25) is 0 Å². The number of rotatable bonds is 5. The molecule has 0 bridgehead atoms. The highest BCUT2D eigenvalue weighted by Gasteiger charge is 2.32. The lowest BCUT2D eigenvalue weighted by Crippen LogP contribution is -2.41. The van der Waals surface area contributed by atoms with Crippen LogP contribution in [0.1, 0.15) is 66.2 Å². The summed E-state index contributed by atoms with van der Waals surface area (Å²) < 4.78 is 0. The largest absolute Gasteiger partial charge is 0.314 e. The van der Waals surface area contributed by atoms with Crippen LogP contribution < -0.4 is 5.32 Å². The quantitative estimate of drug-likeness (QED) is 0.725. The summed E-state index contributed by atoms with van der Waals surface area (Å²) in [5.41, 5.74) is 0.532. The molecular weight excluding hydrogens is 182 g/mol. The van der Waals surface area contributed by atoms with Gasteiger partial charge >= 0.3 is 0 Å². The highest BCUT2D eigenvalue weighted by atomic mass is 14.9. The average Bonchev–Trinajstić information content (AvgIpc) is 2.27. The smallest absolute Gasteiger partial charge is 0.00106 e. The molecule has 0 saturated heterocycles. The molecule has 1 aliphatic carbocycles. The summed E-state index contributed by atoms with van der Waals surface area (Å²) in [5, 5.41) is 3.63. The Bertz CT molecular complexity index is 170. The number of hydrogen-bond acceptors (Lipinski definition) is 1. The van der Waals surface area contributed by atoms with Crippen LogP contribution in [0.15, 0.2) is 0 Å². The van der Waals surface area contributed by atoms with E-state index in [1.54, 1.807) is 0 Å². The highest BCUT2D eigenvalue weighted by Crippen LogP contribution is 2.40. The molecule has 0 radical (unpaired) electrons. The summed E-state index contributed by atoms with van der Waals surface area (Å²) in [7, 11) is 0. The minimum atomic E-state index is 0.532. The van der Waals surface area contributed by atoms with Crippen LogP contribution in [-0.2, 0) is 0 Å². The lowest BCUT2D eigenvalue weighted by atomic mass is 9.68. The van der Waals surface area contributed by atoms with Gasteiger partial charge in [-0.2, -0.15) is 0 Å². The lowest BCUT2D eigenvalue weighted by Gasteiger charge is -2.40. The first-order chi connectivity index (χ1) is 7.08. The molecule has 1 N–H and O–H groups in total. The Morgan fingerprint density at radius 2 is 1.80 bits per heavy atom. The van der Waals surface area contributed by atoms with E-state index < -0.39 is 0 Å². The van der Waals surface area contributed by atoms with Crippen molar-refractivity contribution in [2.45, 2.75) is 72.3 Å². The Labute approximate surface area is 96.0 Å². The van der Waals surface area contributed by atoms with Crippen molar-refractivity contribution in [2.75, 3.05) is 6.54 Å². The van der Waals surface area contributed by atoms with E-state index in [2.05, 4.69) is 33.0 Å². The van der Waals surface area contributed by atoms with Crippen LogP contribution in [-0.4, -0.2) is 12.6 Å². The predicted molar refractivity (Wildman–Crippen MR) is 68.1 cm³/mol. The van der Waals surface area contributed by atoms with Crippen LogP contribution in [0.2, 0.25) is 0 Å². The second-order valence-corrected chi connectivity index (χ2v) is 5.88. The highest BCUT2D eigenvalue weighted by molar-refractivity contribution is 4.85. The van der Waals surface area contributed by atoms with Gasteiger partial charge in [-0.15, -0.1) is 0 Å². The normalized spacial score (nSPS) is 23.0. The SMILES string of the molecule is CCC(C)(CNC(C)C)C1CCCCC1. The summed E-state index contributed by atoms with van der Waals surface area (Å²) in [6.45, 7) is 10.5. The first-order valence-corrected chi connectivity index (χ1v) is 6.82. The minimum Gasteiger partial charge on any atom is -0.314 e. The molecule has 1 atom stereocenters. The maximum atomic E-state index is 3.63. The topological polar surface area (TPSA) is 12.0 Å². The van der Waals surface area contributed by atoms with Gasteiger partial charge < -0.3 is 5.32 Å². The Kier molecular flexibility index (Phi) is 5.11. The number of nitrogens with one attached hydrogen (secondary N) is 1. The fourth-order valence-electron chi connectivity index (χ4n) is 2.79. The molecule has 90 valence electrons. The molecule has 1 rings (SSSR count). The van der Waals surface area contributed by atoms with E-state index in [1.165, 1.54) is 45.1 Å². The van der Waals surface area contributed by atoms with Crippen LogP contribution in [0.25, 0.3) is 0 Å². The maximum absolute atomic E-state index is 3.63. The van der Waals surface area contributed by atoms with Gasteiger partial charge in [0.1, 0.15) is 0 Å². The third-order valence-electron chi connectivity index (χ3n) is 4.31. The van der Waals surface area contributed by atoms with Crippen molar-refractivity contribution in [2.24, 2.45) is 11.3 Å². The molecule has 1 unspecified atom stereocenters. The van der Waals surface area contributed by atoms with Crippen molar-refractivity contribution in [1.82, 2.24) is 5.32 Å². The molecule has 0 aromatic rings. The lowest BCUT2D eigenvalue weighted by molar-refractivity contribution is 0.125. The van der Waals surface area contributed by atoms with E-state index in [1.807, 2.05) is 0 Å². The van der Waals surface area contributed by atoms with Gasteiger partial charge in [-0.05, 0) is 30.6 Å². The van der Waals surface area contributed by atoms with Gasteiger partial charge in [-0.1, -0.05) is 47.0 Å². The van der Waals surface area contributed by atoms with Gasteiger partial charge in [0.05, 0.1) is 0 Å². The Morgan fingerprint density at radius 3 is 2.27 bits per heavy atom. The molecule has 0 aromatic carbocycles. The van der Waals surface area contributed by atoms with Crippen molar-refractivity contribution in [3.05, 3.63) is 0 Å². The summed E-state index contributed by atoms with van der Waals surface area (Å²) >= 11 is 0. The van der Waals surface area contributed by atoms with E-state index in [9.17, 15) is 0 Å². The fraction of sp³-hybridized carbons (Fsp3) is 1.00. The zero-order valence-corrected chi connectivity index (χ0v) is 11.1. The van der Waals surface area contributed by atoms with E-state index >= 15 is 0 Å². The summed E-state index contributed by atoms with van der Waals surface area (Å²) in [4.78, 5) is 0. The zero-order chi connectivity index (χ0) is 11.3. The third-order valence-corrected chi connectivity index (χ3v) is 4.31. The standard InChI is InChI=1S/C14H29N/c1-5-14(4,11-15-12(2)3)13-9-7-6-8-10-13/h12-13,15H,5-11H2,1-4H3. The first-order valence-electron chi connectivity index (χ1n) is 6.82. The van der Waals surface area contributed by atoms with E-state index in [0.29, 0.717) is 11.5 Å². The van der Waals surface area contributed by atoms with Crippen molar-refractivity contribution >= 4 is 0 Å². The summed E-state index contributed by atoms with van der Waals surface area (Å²) in [5.74, 6) is 0.961. The van der Waals surface area contributed by atoms with E-state index in [-0.39, 0.29) is 0 Å². The third kappa shape index (κ3) is 3.79. The van der Waals surface area contributed by atoms with Gasteiger partial charge in [-0.25, -0.2) is 0 Å². The minimum absolute atomic E-state index is 0.532. The molecule has 0 aromatic heterocycles. The maximum Gasteiger partial charge on any atom is 0.00106 e. The van der Waals surface area contributed by atoms with Crippen LogP contribution in [0.3, 0.4) is 0 Å². The molecule has 1 aliphatic rings.